The minimum Gasteiger partial charge on any atom is -0.306 e. The zero-order chi connectivity index (χ0) is 30.8. The number of nitrogens with zero attached hydrogens (tertiary/aromatic N) is 4. The third kappa shape index (κ3) is 3.95. The molecule has 214 valence electrons. The minimum absolute atomic E-state index is 0.443. The number of nitriles is 2. The second-order valence-electron chi connectivity index (χ2n) is 11.2. The normalized spacial score (nSPS) is 12.9. The number of para-hydroxylation sites is 2. The van der Waals surface area contributed by atoms with E-state index in [0.29, 0.717) is 11.1 Å². The van der Waals surface area contributed by atoms with Crippen LogP contribution in [0.15, 0.2) is 153 Å². The molecule has 7 aromatic carbocycles. The van der Waals surface area contributed by atoms with E-state index in [4.69, 9.17) is 0 Å². The number of anilines is 6. The molecule has 4 nitrogen and oxygen atoms in total. The van der Waals surface area contributed by atoms with Crippen LogP contribution in [0.4, 0.5) is 34.1 Å². The molecule has 0 aromatic heterocycles. The molecule has 6 heteroatoms. The maximum absolute atomic E-state index is 10.6. The second-order valence-corrected chi connectivity index (χ2v) is 13.4. The highest BCUT2D eigenvalue weighted by molar-refractivity contribution is 8.00. The molecule has 0 aliphatic carbocycles. The summed E-state index contributed by atoms with van der Waals surface area (Å²) in [6, 6.07) is 50.8. The molecule has 2 aliphatic rings. The van der Waals surface area contributed by atoms with Crippen LogP contribution in [-0.4, -0.2) is 0 Å². The fourth-order valence-corrected chi connectivity index (χ4v) is 8.82. The average Bonchev–Trinajstić information content (AvgIpc) is 3.12. The van der Waals surface area contributed by atoms with Gasteiger partial charge in [-0.2, -0.15) is 10.5 Å². The van der Waals surface area contributed by atoms with Gasteiger partial charge in [-0.05, 0) is 59.3 Å². The molecule has 0 fully saturated rings. The molecule has 46 heavy (non-hydrogen) atoms. The Morgan fingerprint density at radius 2 is 0.848 bits per heavy atom. The second kappa shape index (κ2) is 10.5. The predicted octanol–water partition coefficient (Wildman–Crippen LogP) is 11.6. The molecule has 0 bridgehead atoms. The first-order valence-electron chi connectivity index (χ1n) is 14.9. The van der Waals surface area contributed by atoms with Gasteiger partial charge in [-0.25, -0.2) is 0 Å². The lowest BCUT2D eigenvalue weighted by Gasteiger charge is -2.37. The predicted molar refractivity (Wildman–Crippen MR) is 188 cm³/mol. The summed E-state index contributed by atoms with van der Waals surface area (Å²) in [4.78, 5) is 8.89. The van der Waals surface area contributed by atoms with E-state index in [2.05, 4.69) is 131 Å². The molecule has 0 radical (unpaired) electrons. The molecule has 7 aromatic rings. The van der Waals surface area contributed by atoms with Gasteiger partial charge in [-0.1, -0.05) is 108 Å². The summed E-state index contributed by atoms with van der Waals surface area (Å²) in [5.41, 5.74) is 6.44. The van der Waals surface area contributed by atoms with Gasteiger partial charge < -0.3 is 9.80 Å². The van der Waals surface area contributed by atoms with Crippen molar-refractivity contribution in [1.29, 1.82) is 10.5 Å². The third-order valence-electron chi connectivity index (χ3n) is 8.66. The minimum atomic E-state index is 0.443. The first kappa shape index (κ1) is 26.7. The average molecular weight is 623 g/mol. The maximum Gasteiger partial charge on any atom is 0.101 e. The Bertz CT molecular complexity index is 2320. The van der Waals surface area contributed by atoms with Gasteiger partial charge in [-0.3, -0.25) is 0 Å². The van der Waals surface area contributed by atoms with E-state index in [-0.39, 0.29) is 0 Å². The van der Waals surface area contributed by atoms with E-state index in [0.717, 1.165) is 75.3 Å². The van der Waals surface area contributed by atoms with Gasteiger partial charge in [0, 0.05) is 30.4 Å². The van der Waals surface area contributed by atoms with Crippen molar-refractivity contribution in [2.45, 2.75) is 19.6 Å². The first-order valence-corrected chi connectivity index (χ1v) is 16.5. The summed E-state index contributed by atoms with van der Waals surface area (Å²) >= 11 is 3.48. The van der Waals surface area contributed by atoms with Crippen molar-refractivity contribution in [2.75, 3.05) is 9.80 Å². The van der Waals surface area contributed by atoms with E-state index in [1.165, 1.54) is 0 Å². The molecule has 0 atom stereocenters. The van der Waals surface area contributed by atoms with Crippen LogP contribution >= 0.6 is 23.5 Å². The van der Waals surface area contributed by atoms with Crippen LogP contribution in [-0.2, 0) is 0 Å². The molecule has 0 N–H and O–H groups in total. The van der Waals surface area contributed by atoms with Crippen molar-refractivity contribution >= 4 is 79.2 Å². The fourth-order valence-electron chi connectivity index (χ4n) is 6.66. The van der Waals surface area contributed by atoms with Gasteiger partial charge in [-0.15, -0.1) is 0 Å². The molecular weight excluding hydrogens is 601 g/mol. The SMILES string of the molecule is N#Cc1cc(C#N)c(N2c3ccccc3Sc3ccc4ccccc4c32)cc1N1c2ccccc2Sc2ccc3ccccc3c21. The summed E-state index contributed by atoms with van der Waals surface area (Å²) in [5, 5.41) is 25.7. The lowest BCUT2D eigenvalue weighted by molar-refractivity contribution is 1.15. The van der Waals surface area contributed by atoms with Crippen molar-refractivity contribution in [1.82, 2.24) is 0 Å². The van der Waals surface area contributed by atoms with Gasteiger partial charge in [0.05, 0.1) is 45.3 Å². The number of fused-ring (bicyclic) bond motifs is 8. The molecule has 2 aliphatic heterocycles. The standard InChI is InChI=1S/C40H22N4S2/c41-23-27-21-28(24-42)34(44-32-14-6-8-16-36(32)46-38-20-18-26-10-2-4-12-30(26)40(38)44)22-33(27)43-31-13-5-7-15-35(31)45-37-19-17-25-9-1-3-11-29(25)39(37)43/h1-22H. The molecule has 0 amide bonds. The Labute approximate surface area is 274 Å². The lowest BCUT2D eigenvalue weighted by atomic mass is 10.00. The van der Waals surface area contributed by atoms with E-state index in [1.54, 1.807) is 29.6 Å². The first-order chi connectivity index (χ1) is 22.7. The Morgan fingerprint density at radius 1 is 0.413 bits per heavy atom. The Balaban J connectivity index is 1.38. The summed E-state index contributed by atoms with van der Waals surface area (Å²) in [6.07, 6.45) is 0. The smallest absolute Gasteiger partial charge is 0.101 e. The van der Waals surface area contributed by atoms with Crippen LogP contribution in [0, 0.1) is 22.7 Å². The van der Waals surface area contributed by atoms with Crippen LogP contribution in [0.3, 0.4) is 0 Å². The largest absolute Gasteiger partial charge is 0.306 e. The number of hydrogen-bond donors (Lipinski definition) is 0. The molecule has 0 spiro atoms. The van der Waals surface area contributed by atoms with Crippen molar-refractivity contribution in [3.8, 4) is 12.1 Å². The van der Waals surface area contributed by atoms with Gasteiger partial charge in [0.25, 0.3) is 0 Å². The van der Waals surface area contributed by atoms with Crippen molar-refractivity contribution in [3.63, 3.8) is 0 Å². The van der Waals surface area contributed by atoms with Crippen LogP contribution < -0.4 is 9.80 Å². The molecular formula is C40H22N4S2. The highest BCUT2D eigenvalue weighted by Crippen LogP contribution is 2.57. The van der Waals surface area contributed by atoms with Crippen molar-refractivity contribution in [2.24, 2.45) is 0 Å². The quantitative estimate of drug-likeness (QED) is 0.191. The van der Waals surface area contributed by atoms with Gasteiger partial charge in [0.2, 0.25) is 0 Å². The third-order valence-corrected chi connectivity index (χ3v) is 10.9. The number of hydrogen-bond acceptors (Lipinski definition) is 6. The molecule has 0 unspecified atom stereocenters. The van der Waals surface area contributed by atoms with Crippen molar-refractivity contribution in [3.05, 3.63) is 145 Å². The lowest BCUT2D eigenvalue weighted by Crippen LogP contribution is -2.20. The van der Waals surface area contributed by atoms with Crippen LogP contribution in [0.5, 0.6) is 0 Å². The van der Waals surface area contributed by atoms with Crippen LogP contribution in [0.25, 0.3) is 21.5 Å². The van der Waals surface area contributed by atoms with Gasteiger partial charge in [0.15, 0.2) is 0 Å². The van der Waals surface area contributed by atoms with E-state index in [9.17, 15) is 10.5 Å². The van der Waals surface area contributed by atoms with Crippen LogP contribution in [0.1, 0.15) is 11.1 Å². The summed E-state index contributed by atoms with van der Waals surface area (Å²) in [5.74, 6) is 0. The fraction of sp³-hybridized carbons (Fsp3) is 0. The van der Waals surface area contributed by atoms with E-state index < -0.39 is 0 Å². The van der Waals surface area contributed by atoms with Gasteiger partial charge in [0.1, 0.15) is 12.1 Å². The highest BCUT2D eigenvalue weighted by Gasteiger charge is 2.32. The van der Waals surface area contributed by atoms with E-state index >= 15 is 0 Å². The molecule has 2 heterocycles. The summed E-state index contributed by atoms with van der Waals surface area (Å²) in [7, 11) is 0. The zero-order valence-electron chi connectivity index (χ0n) is 24.3. The highest BCUT2D eigenvalue weighted by atomic mass is 32.2. The zero-order valence-corrected chi connectivity index (χ0v) is 25.9. The summed E-state index contributed by atoms with van der Waals surface area (Å²) < 4.78 is 0. The van der Waals surface area contributed by atoms with E-state index in [1.807, 2.05) is 18.2 Å². The monoisotopic (exact) mass is 622 g/mol. The van der Waals surface area contributed by atoms with Crippen molar-refractivity contribution < 1.29 is 0 Å². The molecule has 0 saturated carbocycles. The Morgan fingerprint density at radius 3 is 1.33 bits per heavy atom. The number of benzene rings is 7. The molecule has 9 rings (SSSR count). The Hall–Kier alpha value is -5.66. The maximum atomic E-state index is 10.6. The topological polar surface area (TPSA) is 54.1 Å². The molecule has 0 saturated heterocycles. The van der Waals surface area contributed by atoms with Crippen LogP contribution in [0.2, 0.25) is 0 Å². The Kier molecular flexibility index (Phi) is 6.08. The number of rotatable bonds is 2. The summed E-state index contributed by atoms with van der Waals surface area (Å²) in [6.45, 7) is 0. The van der Waals surface area contributed by atoms with Gasteiger partial charge >= 0.3 is 0 Å².